The third-order valence-electron chi connectivity index (χ3n) is 4.41. The van der Waals surface area contributed by atoms with Gasteiger partial charge in [-0.15, -0.1) is 0 Å². The lowest BCUT2D eigenvalue weighted by molar-refractivity contribution is -0.123. The number of carbonyl (C=O) groups excluding carboxylic acids is 1. The summed E-state index contributed by atoms with van der Waals surface area (Å²) in [4.78, 5) is 11.3. The van der Waals surface area contributed by atoms with Gasteiger partial charge in [-0.2, -0.15) is 0 Å². The van der Waals surface area contributed by atoms with Crippen LogP contribution in [-0.2, 0) is 9.53 Å². The average molecular weight is 270 g/mol. The van der Waals surface area contributed by atoms with E-state index in [1.54, 1.807) is 7.05 Å². The molecule has 112 valence electrons. The van der Waals surface area contributed by atoms with Crippen LogP contribution in [0.2, 0.25) is 0 Å². The third-order valence-corrected chi connectivity index (χ3v) is 4.41. The Bertz CT molecular complexity index is 283. The zero-order chi connectivity index (χ0) is 14.3. The Kier molecular flexibility index (Phi) is 6.80. The Labute approximate surface area is 117 Å². The minimum atomic E-state index is -0.584. The normalized spacial score (nSPS) is 26.9. The number of primary amides is 1. The molecule has 3 atom stereocenters. The Hall–Kier alpha value is -0.610. The highest BCUT2D eigenvalue weighted by Gasteiger charge is 2.28. The predicted octanol–water partition coefficient (Wildman–Crippen LogP) is 2.22. The summed E-state index contributed by atoms with van der Waals surface area (Å²) in [5.41, 5.74) is 4.81. The van der Waals surface area contributed by atoms with Crippen molar-refractivity contribution in [1.82, 2.24) is 5.32 Å². The molecule has 0 heterocycles. The molecule has 0 bridgehead atoms. The summed E-state index contributed by atoms with van der Waals surface area (Å²) in [7, 11) is 1.78. The van der Waals surface area contributed by atoms with E-state index in [0.717, 1.165) is 31.8 Å². The van der Waals surface area contributed by atoms with Crippen LogP contribution in [0.3, 0.4) is 0 Å². The van der Waals surface area contributed by atoms with Crippen LogP contribution in [0.4, 0.5) is 0 Å². The highest BCUT2D eigenvalue weighted by Crippen LogP contribution is 2.25. The zero-order valence-electron chi connectivity index (χ0n) is 12.7. The SMILES string of the molecule is CNC(C)(CCCCOC1CCCC(C)C1)C(N)=O. The van der Waals surface area contributed by atoms with Crippen LogP contribution in [0, 0.1) is 5.92 Å². The van der Waals surface area contributed by atoms with E-state index in [1.165, 1.54) is 25.7 Å². The van der Waals surface area contributed by atoms with Gasteiger partial charge in [-0.1, -0.05) is 19.8 Å². The summed E-state index contributed by atoms with van der Waals surface area (Å²) in [6.07, 6.45) is 8.23. The maximum Gasteiger partial charge on any atom is 0.237 e. The lowest BCUT2D eigenvalue weighted by Crippen LogP contribution is -2.51. The number of rotatable bonds is 8. The monoisotopic (exact) mass is 270 g/mol. The molecule has 4 heteroatoms. The first kappa shape index (κ1) is 16.4. The quantitative estimate of drug-likeness (QED) is 0.665. The first-order valence-corrected chi connectivity index (χ1v) is 7.58. The first-order valence-electron chi connectivity index (χ1n) is 7.58. The van der Waals surface area contributed by atoms with Crippen LogP contribution in [0.15, 0.2) is 0 Å². The average Bonchev–Trinajstić information content (AvgIpc) is 2.38. The number of ether oxygens (including phenoxy) is 1. The molecule has 1 aliphatic rings. The summed E-state index contributed by atoms with van der Waals surface area (Å²) in [6, 6.07) is 0. The van der Waals surface area contributed by atoms with Crippen molar-refractivity contribution in [3.05, 3.63) is 0 Å². The van der Waals surface area contributed by atoms with Crippen molar-refractivity contribution >= 4 is 5.91 Å². The van der Waals surface area contributed by atoms with Crippen molar-refractivity contribution in [3.63, 3.8) is 0 Å². The minimum absolute atomic E-state index is 0.281. The van der Waals surface area contributed by atoms with E-state index in [4.69, 9.17) is 10.5 Å². The molecular formula is C15H30N2O2. The summed E-state index contributed by atoms with van der Waals surface area (Å²) < 4.78 is 5.93. The number of amides is 1. The Morgan fingerprint density at radius 2 is 2.16 bits per heavy atom. The van der Waals surface area contributed by atoms with Gasteiger partial charge in [-0.3, -0.25) is 4.79 Å². The molecule has 0 aromatic heterocycles. The summed E-state index contributed by atoms with van der Waals surface area (Å²) in [5.74, 6) is 0.526. The molecule has 3 N–H and O–H groups in total. The van der Waals surface area contributed by atoms with Gasteiger partial charge < -0.3 is 15.8 Å². The largest absolute Gasteiger partial charge is 0.378 e. The van der Waals surface area contributed by atoms with E-state index in [1.807, 2.05) is 6.92 Å². The van der Waals surface area contributed by atoms with E-state index in [0.29, 0.717) is 6.10 Å². The number of likely N-dealkylation sites (N-methyl/N-ethyl adjacent to an activating group) is 1. The maximum absolute atomic E-state index is 11.3. The highest BCUT2D eigenvalue weighted by molar-refractivity contribution is 5.84. The number of hydrogen-bond acceptors (Lipinski definition) is 3. The fraction of sp³-hybridized carbons (Fsp3) is 0.933. The van der Waals surface area contributed by atoms with Crippen molar-refractivity contribution in [2.75, 3.05) is 13.7 Å². The van der Waals surface area contributed by atoms with Crippen LogP contribution < -0.4 is 11.1 Å². The number of carbonyl (C=O) groups is 1. The number of nitrogens with one attached hydrogen (secondary N) is 1. The topological polar surface area (TPSA) is 64.3 Å². The van der Waals surface area contributed by atoms with Gasteiger partial charge in [-0.25, -0.2) is 0 Å². The van der Waals surface area contributed by atoms with Gasteiger partial charge in [0.05, 0.1) is 11.6 Å². The Balaban J connectivity index is 2.12. The summed E-state index contributed by atoms with van der Waals surface area (Å²) in [5, 5.41) is 3.01. The second-order valence-corrected chi connectivity index (χ2v) is 6.17. The molecular weight excluding hydrogens is 240 g/mol. The van der Waals surface area contributed by atoms with Gasteiger partial charge in [-0.05, 0) is 52.0 Å². The van der Waals surface area contributed by atoms with Crippen LogP contribution in [0.1, 0.15) is 58.8 Å². The van der Waals surface area contributed by atoms with Gasteiger partial charge in [0, 0.05) is 6.61 Å². The molecule has 0 spiro atoms. The van der Waals surface area contributed by atoms with Crippen molar-refractivity contribution < 1.29 is 9.53 Å². The summed E-state index contributed by atoms with van der Waals surface area (Å²) in [6.45, 7) is 4.97. The highest BCUT2D eigenvalue weighted by atomic mass is 16.5. The molecule has 1 rings (SSSR count). The van der Waals surface area contributed by atoms with Crippen LogP contribution >= 0.6 is 0 Å². The molecule has 1 amide bonds. The molecule has 1 aliphatic carbocycles. The van der Waals surface area contributed by atoms with Gasteiger partial charge in [0.1, 0.15) is 0 Å². The Morgan fingerprint density at radius 3 is 2.74 bits per heavy atom. The van der Waals surface area contributed by atoms with Crippen molar-refractivity contribution in [3.8, 4) is 0 Å². The molecule has 0 aromatic rings. The Morgan fingerprint density at radius 1 is 1.42 bits per heavy atom. The van der Waals surface area contributed by atoms with E-state index in [-0.39, 0.29) is 5.91 Å². The smallest absolute Gasteiger partial charge is 0.237 e. The zero-order valence-corrected chi connectivity index (χ0v) is 12.7. The fourth-order valence-corrected chi connectivity index (χ4v) is 2.73. The van der Waals surface area contributed by atoms with Crippen LogP contribution in [0.5, 0.6) is 0 Å². The molecule has 1 fully saturated rings. The molecule has 0 radical (unpaired) electrons. The third kappa shape index (κ3) is 5.49. The minimum Gasteiger partial charge on any atom is -0.378 e. The van der Waals surface area contributed by atoms with Gasteiger partial charge >= 0.3 is 0 Å². The van der Waals surface area contributed by atoms with Gasteiger partial charge in [0.2, 0.25) is 5.91 Å². The van der Waals surface area contributed by atoms with Crippen molar-refractivity contribution in [1.29, 1.82) is 0 Å². The second kappa shape index (κ2) is 7.85. The van der Waals surface area contributed by atoms with Crippen molar-refractivity contribution in [2.24, 2.45) is 11.7 Å². The van der Waals surface area contributed by atoms with Crippen LogP contribution in [-0.4, -0.2) is 31.2 Å². The van der Waals surface area contributed by atoms with E-state index in [9.17, 15) is 4.79 Å². The molecule has 1 saturated carbocycles. The molecule has 4 nitrogen and oxygen atoms in total. The number of hydrogen-bond donors (Lipinski definition) is 2. The number of unbranched alkanes of at least 4 members (excludes halogenated alkanes) is 1. The molecule has 0 aliphatic heterocycles. The fourth-order valence-electron chi connectivity index (χ4n) is 2.73. The number of nitrogens with two attached hydrogens (primary N) is 1. The standard InChI is InChI=1S/C15H30N2O2/c1-12-7-6-8-13(11-12)19-10-5-4-9-15(2,17-3)14(16)18/h12-13,17H,4-11H2,1-3H3,(H2,16,18). The van der Waals surface area contributed by atoms with Crippen molar-refractivity contribution in [2.45, 2.75) is 70.4 Å². The second-order valence-electron chi connectivity index (χ2n) is 6.17. The van der Waals surface area contributed by atoms with Gasteiger partial charge in [0.15, 0.2) is 0 Å². The first-order chi connectivity index (χ1) is 8.98. The molecule has 0 aromatic carbocycles. The molecule has 19 heavy (non-hydrogen) atoms. The molecule has 0 saturated heterocycles. The van der Waals surface area contributed by atoms with Gasteiger partial charge in [0.25, 0.3) is 0 Å². The lowest BCUT2D eigenvalue weighted by Gasteiger charge is -2.27. The van der Waals surface area contributed by atoms with E-state index < -0.39 is 5.54 Å². The maximum atomic E-state index is 11.3. The summed E-state index contributed by atoms with van der Waals surface area (Å²) >= 11 is 0. The van der Waals surface area contributed by atoms with E-state index in [2.05, 4.69) is 12.2 Å². The van der Waals surface area contributed by atoms with E-state index >= 15 is 0 Å². The lowest BCUT2D eigenvalue weighted by atomic mass is 9.89. The van der Waals surface area contributed by atoms with Crippen LogP contribution in [0.25, 0.3) is 0 Å². The molecule has 3 unspecified atom stereocenters. The predicted molar refractivity (Wildman–Crippen MR) is 77.9 cm³/mol.